The van der Waals surface area contributed by atoms with Crippen LogP contribution in [0.3, 0.4) is 0 Å². The Morgan fingerprint density at radius 3 is 2.94 bits per heavy atom. The largest absolute Gasteiger partial charge is 0.393 e. The van der Waals surface area contributed by atoms with Crippen molar-refractivity contribution in [1.82, 2.24) is 0 Å². The van der Waals surface area contributed by atoms with Crippen LogP contribution >= 0.6 is 0 Å². The summed E-state index contributed by atoms with van der Waals surface area (Å²) in [5.41, 5.74) is 1.51. The normalized spacial score (nSPS) is 47.2. The minimum atomic E-state index is -0.114. The monoisotopic (exact) mass is 220 g/mol. The number of ketones is 1. The van der Waals surface area contributed by atoms with E-state index in [4.69, 9.17) is 0 Å². The van der Waals surface area contributed by atoms with E-state index < -0.39 is 0 Å². The number of carbonyl (C=O) groups excluding carboxylic acids is 1. The van der Waals surface area contributed by atoms with Gasteiger partial charge in [0.1, 0.15) is 0 Å². The maximum absolute atomic E-state index is 11.4. The molecule has 0 spiro atoms. The third-order valence-electron chi connectivity index (χ3n) is 5.32. The predicted octanol–water partition coefficient (Wildman–Crippen LogP) is 2.46. The van der Waals surface area contributed by atoms with Gasteiger partial charge >= 0.3 is 0 Å². The third-order valence-corrected chi connectivity index (χ3v) is 5.32. The Morgan fingerprint density at radius 2 is 2.12 bits per heavy atom. The number of carbonyl (C=O) groups is 1. The first-order chi connectivity index (χ1) is 7.61. The molecule has 0 saturated heterocycles. The van der Waals surface area contributed by atoms with Crippen LogP contribution in [-0.2, 0) is 4.79 Å². The number of hydrogen-bond donors (Lipinski definition) is 1. The van der Waals surface area contributed by atoms with Crippen LogP contribution in [0, 0.1) is 17.3 Å². The van der Waals surface area contributed by atoms with Crippen LogP contribution in [0.15, 0.2) is 11.6 Å². The number of aliphatic hydroxyl groups is 1. The highest BCUT2D eigenvalue weighted by Gasteiger charge is 2.52. The highest BCUT2D eigenvalue weighted by atomic mass is 16.3. The van der Waals surface area contributed by atoms with Crippen LogP contribution in [0.25, 0.3) is 0 Å². The molecular weight excluding hydrogens is 200 g/mol. The molecule has 2 saturated carbocycles. The zero-order valence-electron chi connectivity index (χ0n) is 9.91. The van der Waals surface area contributed by atoms with Gasteiger partial charge in [0.25, 0.3) is 0 Å². The van der Waals surface area contributed by atoms with Crippen molar-refractivity contribution in [2.45, 2.75) is 51.6 Å². The van der Waals surface area contributed by atoms with Gasteiger partial charge in [0, 0.05) is 6.42 Å². The van der Waals surface area contributed by atoms with Gasteiger partial charge in [-0.1, -0.05) is 12.5 Å². The van der Waals surface area contributed by atoms with Gasteiger partial charge in [0.05, 0.1) is 6.10 Å². The van der Waals surface area contributed by atoms with Crippen LogP contribution in [-0.4, -0.2) is 17.0 Å². The van der Waals surface area contributed by atoms with Crippen molar-refractivity contribution in [3.05, 3.63) is 11.6 Å². The summed E-state index contributed by atoms with van der Waals surface area (Å²) in [7, 11) is 0. The molecule has 0 bridgehead atoms. The molecule has 2 heteroatoms. The lowest BCUT2D eigenvalue weighted by Gasteiger charge is -2.46. The van der Waals surface area contributed by atoms with Crippen LogP contribution in [0.2, 0.25) is 0 Å². The van der Waals surface area contributed by atoms with E-state index in [0.29, 0.717) is 17.6 Å². The van der Waals surface area contributed by atoms with Gasteiger partial charge in [-0.2, -0.15) is 0 Å². The zero-order valence-corrected chi connectivity index (χ0v) is 9.91. The van der Waals surface area contributed by atoms with Crippen molar-refractivity contribution in [3.8, 4) is 0 Å². The van der Waals surface area contributed by atoms with Crippen molar-refractivity contribution >= 4 is 5.78 Å². The fraction of sp³-hybridized carbons (Fsp3) is 0.786. The summed E-state index contributed by atoms with van der Waals surface area (Å²) >= 11 is 0. The molecule has 3 aliphatic rings. The fourth-order valence-corrected chi connectivity index (χ4v) is 4.26. The van der Waals surface area contributed by atoms with Crippen molar-refractivity contribution < 1.29 is 9.90 Å². The van der Waals surface area contributed by atoms with Crippen LogP contribution < -0.4 is 0 Å². The lowest BCUT2D eigenvalue weighted by Crippen LogP contribution is -2.41. The molecule has 0 aromatic heterocycles. The summed E-state index contributed by atoms with van der Waals surface area (Å²) in [6.07, 6.45) is 7.73. The van der Waals surface area contributed by atoms with E-state index >= 15 is 0 Å². The molecule has 2 unspecified atom stereocenters. The molecule has 0 aliphatic heterocycles. The van der Waals surface area contributed by atoms with Gasteiger partial charge in [-0.3, -0.25) is 4.79 Å². The number of fused-ring (bicyclic) bond motifs is 3. The van der Waals surface area contributed by atoms with Gasteiger partial charge < -0.3 is 5.11 Å². The van der Waals surface area contributed by atoms with Crippen LogP contribution in [0.1, 0.15) is 45.4 Å². The molecule has 2 nitrogen and oxygen atoms in total. The minimum Gasteiger partial charge on any atom is -0.393 e. The molecule has 0 aromatic carbocycles. The molecule has 2 fully saturated rings. The van der Waals surface area contributed by atoms with Gasteiger partial charge in [0.2, 0.25) is 0 Å². The third kappa shape index (κ3) is 1.32. The second-order valence-corrected chi connectivity index (χ2v) is 6.04. The fourth-order valence-electron chi connectivity index (χ4n) is 4.26. The first kappa shape index (κ1) is 10.5. The number of hydrogen-bond acceptors (Lipinski definition) is 2. The molecule has 1 N–H and O–H groups in total. The molecule has 3 aliphatic carbocycles. The maximum atomic E-state index is 11.4. The quantitative estimate of drug-likeness (QED) is 0.681. The Morgan fingerprint density at radius 1 is 1.31 bits per heavy atom. The highest BCUT2D eigenvalue weighted by molar-refractivity contribution is 5.91. The SMILES string of the molecule is CC12CCC3=CC(=O)CC[C@H]3[C@@H]1CCC2O. The van der Waals surface area contributed by atoms with Gasteiger partial charge in [-0.05, 0) is 55.4 Å². The molecular formula is C14H20O2. The maximum Gasteiger partial charge on any atom is 0.155 e. The van der Waals surface area contributed by atoms with Crippen molar-refractivity contribution in [2.24, 2.45) is 17.3 Å². The number of aliphatic hydroxyl groups excluding tert-OH is 1. The van der Waals surface area contributed by atoms with Crippen molar-refractivity contribution in [2.75, 3.05) is 0 Å². The molecule has 4 atom stereocenters. The minimum absolute atomic E-state index is 0.114. The molecule has 16 heavy (non-hydrogen) atoms. The van der Waals surface area contributed by atoms with Gasteiger partial charge in [0.15, 0.2) is 5.78 Å². The molecule has 3 rings (SSSR count). The number of allylic oxidation sites excluding steroid dienone is 2. The summed E-state index contributed by atoms with van der Waals surface area (Å²) in [6.45, 7) is 2.25. The lowest BCUT2D eigenvalue weighted by molar-refractivity contribution is -0.115. The Kier molecular flexibility index (Phi) is 2.25. The van der Waals surface area contributed by atoms with E-state index in [1.807, 2.05) is 6.08 Å². The molecule has 0 amide bonds. The molecule has 0 aromatic rings. The average molecular weight is 220 g/mol. The molecule has 88 valence electrons. The molecule has 0 radical (unpaired) electrons. The Balaban J connectivity index is 1.93. The van der Waals surface area contributed by atoms with E-state index in [-0.39, 0.29) is 11.5 Å². The second kappa shape index (κ2) is 3.43. The first-order valence-electron chi connectivity index (χ1n) is 6.52. The van der Waals surface area contributed by atoms with Gasteiger partial charge in [-0.15, -0.1) is 0 Å². The van der Waals surface area contributed by atoms with E-state index in [2.05, 4.69) is 6.92 Å². The second-order valence-electron chi connectivity index (χ2n) is 6.04. The van der Waals surface area contributed by atoms with Crippen LogP contribution in [0.4, 0.5) is 0 Å². The highest BCUT2D eigenvalue weighted by Crippen LogP contribution is 2.57. The number of rotatable bonds is 0. The predicted molar refractivity (Wildman–Crippen MR) is 61.9 cm³/mol. The van der Waals surface area contributed by atoms with E-state index in [1.54, 1.807) is 0 Å². The first-order valence-corrected chi connectivity index (χ1v) is 6.52. The summed E-state index contributed by atoms with van der Waals surface area (Å²) < 4.78 is 0. The standard InChI is InChI=1S/C14H20O2/c1-14-7-6-9-8-10(15)2-3-11(9)12(14)4-5-13(14)16/h8,11-13,16H,2-7H2,1H3/t11-,12+,13?,14?/m1/s1. The lowest BCUT2D eigenvalue weighted by atomic mass is 9.59. The van der Waals surface area contributed by atoms with Crippen LogP contribution in [0.5, 0.6) is 0 Å². The van der Waals surface area contributed by atoms with Crippen molar-refractivity contribution in [3.63, 3.8) is 0 Å². The molecule has 0 heterocycles. The Hall–Kier alpha value is -0.630. The Labute approximate surface area is 96.7 Å². The van der Waals surface area contributed by atoms with Gasteiger partial charge in [-0.25, -0.2) is 0 Å². The summed E-state index contributed by atoms with van der Waals surface area (Å²) in [5, 5.41) is 10.1. The smallest absolute Gasteiger partial charge is 0.155 e. The Bertz CT molecular complexity index is 358. The summed E-state index contributed by atoms with van der Waals surface area (Å²) in [4.78, 5) is 11.4. The van der Waals surface area contributed by atoms with E-state index in [0.717, 1.165) is 38.5 Å². The van der Waals surface area contributed by atoms with E-state index in [1.165, 1.54) is 5.57 Å². The van der Waals surface area contributed by atoms with Crippen molar-refractivity contribution in [1.29, 1.82) is 0 Å². The summed E-state index contributed by atoms with van der Waals surface area (Å²) in [5.74, 6) is 1.53. The van der Waals surface area contributed by atoms with E-state index in [9.17, 15) is 9.90 Å². The summed E-state index contributed by atoms with van der Waals surface area (Å²) in [6, 6.07) is 0. The zero-order chi connectivity index (χ0) is 11.3. The topological polar surface area (TPSA) is 37.3 Å². The average Bonchev–Trinajstić information content (AvgIpc) is 2.56.